The van der Waals surface area contributed by atoms with Gasteiger partial charge in [-0.25, -0.2) is 23.1 Å². The summed E-state index contributed by atoms with van der Waals surface area (Å²) in [4.78, 5) is 8.47. The van der Waals surface area contributed by atoms with E-state index in [4.69, 9.17) is 4.74 Å². The normalized spacial score (nSPS) is 14.4. The average Bonchev–Trinajstić information content (AvgIpc) is 3.44. The lowest BCUT2D eigenvalue weighted by Gasteiger charge is -2.08. The van der Waals surface area contributed by atoms with Gasteiger partial charge < -0.3 is 10.1 Å². The highest BCUT2D eigenvalue weighted by atomic mass is 32.2. The fourth-order valence-corrected chi connectivity index (χ4v) is 3.17. The highest BCUT2D eigenvalue weighted by molar-refractivity contribution is 7.89. The van der Waals surface area contributed by atoms with Crippen molar-refractivity contribution in [2.75, 3.05) is 19.0 Å². The Kier molecular flexibility index (Phi) is 4.96. The second kappa shape index (κ2) is 7.14. The Balaban J connectivity index is 1.57. The van der Waals surface area contributed by atoms with E-state index in [1.54, 1.807) is 31.5 Å². The number of pyridine rings is 2. The maximum Gasteiger partial charge on any atom is 0.242 e. The summed E-state index contributed by atoms with van der Waals surface area (Å²) in [5.41, 5.74) is 0.973. The lowest BCUT2D eigenvalue weighted by molar-refractivity contribution is 0.397. The first-order valence-corrected chi connectivity index (χ1v) is 9.23. The van der Waals surface area contributed by atoms with Gasteiger partial charge in [-0.1, -0.05) is 6.07 Å². The summed E-state index contributed by atoms with van der Waals surface area (Å²) in [6, 6.07) is 6.89. The zero-order chi connectivity index (χ0) is 17.0. The van der Waals surface area contributed by atoms with Gasteiger partial charge in [-0.3, -0.25) is 0 Å². The summed E-state index contributed by atoms with van der Waals surface area (Å²) in [7, 11) is -1.90. The van der Waals surface area contributed by atoms with Crippen LogP contribution < -0.4 is 14.8 Å². The van der Waals surface area contributed by atoms with E-state index >= 15 is 0 Å². The van der Waals surface area contributed by atoms with Gasteiger partial charge in [0.25, 0.3) is 0 Å². The molecule has 1 saturated carbocycles. The molecule has 0 saturated heterocycles. The van der Waals surface area contributed by atoms with Crippen molar-refractivity contribution in [3.8, 4) is 5.88 Å². The van der Waals surface area contributed by atoms with E-state index in [2.05, 4.69) is 20.0 Å². The van der Waals surface area contributed by atoms with E-state index in [0.29, 0.717) is 30.7 Å². The molecule has 1 aliphatic rings. The lowest BCUT2D eigenvalue weighted by Crippen LogP contribution is -2.25. The van der Waals surface area contributed by atoms with Crippen molar-refractivity contribution in [3.63, 3.8) is 0 Å². The molecular formula is C16H20N4O3S. The standard InChI is InChI=1S/C16H20N4O3S/c1-23-16-7-4-13(9-19-16)8-17-15-6-5-14(11-18-15)24(21,22)20-10-12-2-3-12/h4-7,9,11-12,20H,2-3,8,10H2,1H3,(H,17,18). The van der Waals surface area contributed by atoms with E-state index in [1.807, 2.05) is 6.07 Å². The van der Waals surface area contributed by atoms with E-state index in [1.165, 1.54) is 6.20 Å². The number of methoxy groups -OCH3 is 1. The topological polar surface area (TPSA) is 93.2 Å². The van der Waals surface area contributed by atoms with Gasteiger partial charge in [0.05, 0.1) is 7.11 Å². The Hall–Kier alpha value is -2.19. The lowest BCUT2D eigenvalue weighted by atomic mass is 10.3. The highest BCUT2D eigenvalue weighted by Gasteiger charge is 2.24. The van der Waals surface area contributed by atoms with Gasteiger partial charge >= 0.3 is 0 Å². The Morgan fingerprint density at radius 1 is 1.17 bits per heavy atom. The van der Waals surface area contributed by atoms with Crippen LogP contribution in [0.15, 0.2) is 41.6 Å². The molecule has 0 amide bonds. The number of rotatable bonds is 8. The van der Waals surface area contributed by atoms with Gasteiger partial charge in [0, 0.05) is 31.5 Å². The molecule has 0 unspecified atom stereocenters. The molecule has 1 fully saturated rings. The van der Waals surface area contributed by atoms with Crippen LogP contribution in [-0.4, -0.2) is 32.0 Å². The van der Waals surface area contributed by atoms with Crippen LogP contribution in [0.1, 0.15) is 18.4 Å². The molecule has 3 rings (SSSR count). The largest absolute Gasteiger partial charge is 0.481 e. The number of hydrogen-bond acceptors (Lipinski definition) is 6. The molecule has 0 aliphatic heterocycles. The van der Waals surface area contributed by atoms with Crippen LogP contribution in [0.2, 0.25) is 0 Å². The van der Waals surface area contributed by atoms with Crippen molar-refractivity contribution in [1.29, 1.82) is 0 Å². The molecule has 0 aromatic carbocycles. The van der Waals surface area contributed by atoms with Crippen molar-refractivity contribution < 1.29 is 13.2 Å². The highest BCUT2D eigenvalue weighted by Crippen LogP contribution is 2.28. The number of anilines is 1. The number of aromatic nitrogens is 2. The quantitative estimate of drug-likeness (QED) is 0.755. The molecule has 7 nitrogen and oxygen atoms in total. The smallest absolute Gasteiger partial charge is 0.242 e. The van der Waals surface area contributed by atoms with Gasteiger partial charge in [-0.05, 0) is 36.5 Å². The summed E-state index contributed by atoms with van der Waals surface area (Å²) >= 11 is 0. The molecule has 0 atom stereocenters. The zero-order valence-electron chi connectivity index (χ0n) is 13.4. The molecule has 2 N–H and O–H groups in total. The van der Waals surface area contributed by atoms with Crippen molar-refractivity contribution in [2.24, 2.45) is 5.92 Å². The number of nitrogens with zero attached hydrogens (tertiary/aromatic N) is 2. The van der Waals surface area contributed by atoms with Crippen molar-refractivity contribution in [2.45, 2.75) is 24.3 Å². The van der Waals surface area contributed by atoms with Crippen LogP contribution in [0.5, 0.6) is 5.88 Å². The molecule has 0 spiro atoms. The summed E-state index contributed by atoms with van der Waals surface area (Å²) in [5.74, 6) is 1.66. The van der Waals surface area contributed by atoms with Gasteiger partial charge in [-0.15, -0.1) is 0 Å². The molecule has 1 aliphatic carbocycles. The Morgan fingerprint density at radius 2 is 2.00 bits per heavy atom. The number of nitrogens with one attached hydrogen (secondary N) is 2. The number of ether oxygens (including phenoxy) is 1. The van der Waals surface area contributed by atoms with E-state index in [-0.39, 0.29) is 4.90 Å². The predicted molar refractivity (Wildman–Crippen MR) is 90.3 cm³/mol. The molecule has 0 radical (unpaired) electrons. The van der Waals surface area contributed by atoms with E-state index in [9.17, 15) is 8.42 Å². The maximum atomic E-state index is 12.1. The van der Waals surface area contributed by atoms with Gasteiger partial charge in [0.1, 0.15) is 10.7 Å². The monoisotopic (exact) mass is 348 g/mol. The minimum absolute atomic E-state index is 0.180. The fourth-order valence-electron chi connectivity index (χ4n) is 2.11. The average molecular weight is 348 g/mol. The molecule has 0 bridgehead atoms. The van der Waals surface area contributed by atoms with Crippen molar-refractivity contribution in [1.82, 2.24) is 14.7 Å². The fraction of sp³-hybridized carbons (Fsp3) is 0.375. The maximum absolute atomic E-state index is 12.1. The van der Waals surface area contributed by atoms with Crippen LogP contribution in [0, 0.1) is 5.92 Å². The molecule has 2 aromatic rings. The molecule has 2 heterocycles. The number of sulfonamides is 1. The Bertz CT molecular complexity index is 772. The summed E-state index contributed by atoms with van der Waals surface area (Å²) in [5, 5.41) is 3.13. The minimum atomic E-state index is -3.47. The Labute approximate surface area is 141 Å². The van der Waals surface area contributed by atoms with Crippen LogP contribution in [0.4, 0.5) is 5.82 Å². The molecule has 128 valence electrons. The van der Waals surface area contributed by atoms with E-state index in [0.717, 1.165) is 18.4 Å². The van der Waals surface area contributed by atoms with Crippen LogP contribution >= 0.6 is 0 Å². The zero-order valence-corrected chi connectivity index (χ0v) is 14.2. The first kappa shape index (κ1) is 16.7. The van der Waals surface area contributed by atoms with E-state index < -0.39 is 10.0 Å². The second-order valence-corrected chi connectivity index (χ2v) is 7.50. The first-order chi connectivity index (χ1) is 11.6. The minimum Gasteiger partial charge on any atom is -0.481 e. The molecule has 24 heavy (non-hydrogen) atoms. The third-order valence-corrected chi connectivity index (χ3v) is 5.19. The van der Waals surface area contributed by atoms with Crippen molar-refractivity contribution >= 4 is 15.8 Å². The Morgan fingerprint density at radius 3 is 2.58 bits per heavy atom. The third kappa shape index (κ3) is 4.42. The SMILES string of the molecule is COc1ccc(CNc2ccc(S(=O)(=O)NCC3CC3)cn2)cn1. The molecular weight excluding hydrogens is 328 g/mol. The van der Waals surface area contributed by atoms with Crippen LogP contribution in [-0.2, 0) is 16.6 Å². The third-order valence-electron chi connectivity index (χ3n) is 3.79. The summed E-state index contributed by atoms with van der Waals surface area (Å²) < 4.78 is 31.9. The second-order valence-electron chi connectivity index (χ2n) is 5.74. The summed E-state index contributed by atoms with van der Waals surface area (Å²) in [6.45, 7) is 1.04. The van der Waals surface area contributed by atoms with Crippen molar-refractivity contribution in [3.05, 3.63) is 42.2 Å². The molecule has 2 aromatic heterocycles. The predicted octanol–water partition coefficient (Wildman–Crippen LogP) is 1.79. The summed E-state index contributed by atoms with van der Waals surface area (Å²) in [6.07, 6.45) is 5.28. The molecule has 8 heteroatoms. The van der Waals surface area contributed by atoms with Crippen LogP contribution in [0.3, 0.4) is 0 Å². The van der Waals surface area contributed by atoms with Gasteiger partial charge in [0.15, 0.2) is 0 Å². The van der Waals surface area contributed by atoms with Crippen LogP contribution in [0.25, 0.3) is 0 Å². The first-order valence-electron chi connectivity index (χ1n) is 7.75. The van der Waals surface area contributed by atoms with Gasteiger partial charge in [-0.2, -0.15) is 0 Å². The van der Waals surface area contributed by atoms with Gasteiger partial charge in [0.2, 0.25) is 15.9 Å². The number of hydrogen-bond donors (Lipinski definition) is 2.